The van der Waals surface area contributed by atoms with Crippen LogP contribution in [0.4, 0.5) is 8.78 Å². The maximum Gasteiger partial charge on any atom is 0.284 e. The fourth-order valence-electron chi connectivity index (χ4n) is 0.960. The molecule has 9 heteroatoms. The number of aromatic nitrogens is 1. The van der Waals surface area contributed by atoms with E-state index < -0.39 is 38.5 Å². The summed E-state index contributed by atoms with van der Waals surface area (Å²) in [5.74, 6) is -1.24. The maximum absolute atomic E-state index is 12.3. The minimum Gasteiger partial charge on any atom is -0.505 e. The zero-order valence-electron chi connectivity index (χ0n) is 7.55. The molecule has 0 fully saturated rings. The minimum atomic E-state index is -4.40. The Morgan fingerprint density at radius 2 is 2.12 bits per heavy atom. The van der Waals surface area contributed by atoms with Gasteiger partial charge in [-0.05, 0) is 6.07 Å². The highest BCUT2D eigenvalue weighted by Crippen LogP contribution is 2.31. The topological polar surface area (TPSA) is 117 Å². The molecule has 86 valence electrons. The molecule has 0 radical (unpaired) electrons. The van der Waals surface area contributed by atoms with Gasteiger partial charge in [0.05, 0.1) is 0 Å². The van der Waals surface area contributed by atoms with Gasteiger partial charge in [-0.15, -0.1) is 0 Å². The van der Waals surface area contributed by atoms with Gasteiger partial charge in [0.1, 0.15) is 16.7 Å². The number of primary sulfonamides is 1. The summed E-state index contributed by atoms with van der Waals surface area (Å²) < 4.78 is 46.6. The zero-order valence-corrected chi connectivity index (χ0v) is 8.37. The summed E-state index contributed by atoms with van der Waals surface area (Å²) in [5, 5.41) is 22.3. The number of pyridine rings is 1. The second kappa shape index (κ2) is 3.99. The van der Waals surface area contributed by atoms with Crippen molar-refractivity contribution in [3.05, 3.63) is 17.5 Å². The fourth-order valence-corrected chi connectivity index (χ4v) is 1.61. The lowest BCUT2D eigenvalue weighted by molar-refractivity contribution is 0.141. The summed E-state index contributed by atoms with van der Waals surface area (Å²) in [6.45, 7) is 0. The Morgan fingerprint density at radius 1 is 1.56 bits per heavy atom. The molecule has 3 N–H and O–H groups in total. The number of hydrogen-bond donors (Lipinski definition) is 2. The second-order valence-electron chi connectivity index (χ2n) is 2.70. The number of nitrogens with two attached hydrogens (primary N) is 1. The fraction of sp³-hybridized carbons (Fsp3) is 0.143. The molecule has 0 saturated carbocycles. The lowest BCUT2D eigenvalue weighted by atomic mass is 10.3. The van der Waals surface area contributed by atoms with Gasteiger partial charge in [0.25, 0.3) is 6.43 Å². The van der Waals surface area contributed by atoms with Crippen LogP contribution in [0.3, 0.4) is 0 Å². The first-order valence-electron chi connectivity index (χ1n) is 3.72. The van der Waals surface area contributed by atoms with Gasteiger partial charge < -0.3 is 5.11 Å². The van der Waals surface area contributed by atoms with E-state index in [1.165, 1.54) is 6.07 Å². The summed E-state index contributed by atoms with van der Waals surface area (Å²) in [5.41, 5.74) is -1.76. The molecule has 16 heavy (non-hydrogen) atoms. The first-order chi connectivity index (χ1) is 7.27. The molecule has 0 bridgehead atoms. The predicted octanol–water partition coefficient (Wildman–Crippen LogP) is 0.244. The average molecular weight is 249 g/mol. The molecule has 0 saturated heterocycles. The molecule has 1 heterocycles. The molecule has 0 atom stereocenters. The molecule has 1 aromatic rings. The van der Waals surface area contributed by atoms with Crippen LogP contribution in [0.25, 0.3) is 0 Å². The Bertz CT molecular complexity index is 565. The lowest BCUT2D eigenvalue weighted by Crippen LogP contribution is -2.14. The van der Waals surface area contributed by atoms with Crippen LogP contribution in [0.15, 0.2) is 11.0 Å². The molecule has 0 aromatic carbocycles. The largest absolute Gasteiger partial charge is 0.505 e. The van der Waals surface area contributed by atoms with Crippen molar-refractivity contribution in [2.75, 3.05) is 0 Å². The highest BCUT2D eigenvalue weighted by Gasteiger charge is 2.24. The minimum absolute atomic E-state index is 0.572. The third kappa shape index (κ3) is 2.23. The molecule has 1 rings (SSSR count). The third-order valence-corrected chi connectivity index (χ3v) is 2.54. The number of hydrogen-bond acceptors (Lipinski definition) is 5. The van der Waals surface area contributed by atoms with Crippen molar-refractivity contribution in [3.63, 3.8) is 0 Å². The molecule has 0 aliphatic carbocycles. The van der Waals surface area contributed by atoms with Crippen LogP contribution in [-0.2, 0) is 10.0 Å². The van der Waals surface area contributed by atoms with Gasteiger partial charge >= 0.3 is 0 Å². The Morgan fingerprint density at radius 3 is 2.50 bits per heavy atom. The summed E-state index contributed by atoms with van der Waals surface area (Å²) in [6, 6.07) is 2.01. The van der Waals surface area contributed by atoms with Crippen LogP contribution in [0.2, 0.25) is 0 Å². The van der Waals surface area contributed by atoms with E-state index in [-0.39, 0.29) is 0 Å². The van der Waals surface area contributed by atoms with Crippen molar-refractivity contribution in [1.29, 1.82) is 5.26 Å². The van der Waals surface area contributed by atoms with Crippen LogP contribution in [0.1, 0.15) is 17.8 Å². The normalized spacial score (nSPS) is 11.4. The van der Waals surface area contributed by atoms with Crippen LogP contribution in [0, 0.1) is 11.3 Å². The average Bonchev–Trinajstić information content (AvgIpc) is 2.15. The van der Waals surface area contributed by atoms with Gasteiger partial charge in [-0.3, -0.25) is 0 Å². The van der Waals surface area contributed by atoms with Gasteiger partial charge in [-0.25, -0.2) is 27.3 Å². The van der Waals surface area contributed by atoms with Gasteiger partial charge in [0.2, 0.25) is 10.0 Å². The highest BCUT2D eigenvalue weighted by atomic mass is 32.2. The molecular weight excluding hydrogens is 244 g/mol. The molecule has 0 aliphatic heterocycles. The van der Waals surface area contributed by atoms with E-state index in [1.807, 2.05) is 0 Å². The van der Waals surface area contributed by atoms with Crippen molar-refractivity contribution in [2.24, 2.45) is 5.14 Å². The lowest BCUT2D eigenvalue weighted by Gasteiger charge is -2.07. The van der Waals surface area contributed by atoms with Crippen molar-refractivity contribution in [1.82, 2.24) is 4.98 Å². The van der Waals surface area contributed by atoms with Gasteiger partial charge in [-0.1, -0.05) is 0 Å². The second-order valence-corrected chi connectivity index (χ2v) is 4.23. The van der Waals surface area contributed by atoms with Crippen molar-refractivity contribution < 1.29 is 22.3 Å². The van der Waals surface area contributed by atoms with E-state index in [0.29, 0.717) is 6.07 Å². The number of alkyl halides is 2. The number of nitrogens with zero attached hydrogens (tertiary/aromatic N) is 2. The molecule has 0 aliphatic rings. The van der Waals surface area contributed by atoms with Crippen molar-refractivity contribution >= 4 is 10.0 Å². The smallest absolute Gasteiger partial charge is 0.284 e. The first kappa shape index (κ1) is 12.3. The molecule has 0 amide bonds. The Labute approximate surface area is 89.0 Å². The van der Waals surface area contributed by atoms with E-state index >= 15 is 0 Å². The highest BCUT2D eigenvalue weighted by molar-refractivity contribution is 7.89. The van der Waals surface area contributed by atoms with Gasteiger partial charge in [-0.2, -0.15) is 5.26 Å². The molecule has 0 unspecified atom stereocenters. The molecular formula is C7H5F2N3O3S. The summed E-state index contributed by atoms with van der Waals surface area (Å²) in [6.07, 6.45) is -3.21. The van der Waals surface area contributed by atoms with Crippen molar-refractivity contribution in [2.45, 2.75) is 11.3 Å². The third-order valence-electron chi connectivity index (χ3n) is 1.61. The van der Waals surface area contributed by atoms with E-state index in [2.05, 4.69) is 10.1 Å². The molecule has 6 nitrogen and oxygen atoms in total. The maximum atomic E-state index is 12.3. The van der Waals surface area contributed by atoms with Crippen LogP contribution in [0.5, 0.6) is 5.75 Å². The Kier molecular flexibility index (Phi) is 3.06. The quantitative estimate of drug-likeness (QED) is 0.778. The predicted molar refractivity (Wildman–Crippen MR) is 46.9 cm³/mol. The van der Waals surface area contributed by atoms with Gasteiger partial charge in [0, 0.05) is 0 Å². The van der Waals surface area contributed by atoms with E-state index in [1.54, 1.807) is 0 Å². The van der Waals surface area contributed by atoms with Gasteiger partial charge in [0.15, 0.2) is 11.4 Å². The number of aromatic hydroxyl groups is 1. The molecule has 1 aromatic heterocycles. The summed E-state index contributed by atoms with van der Waals surface area (Å²) >= 11 is 0. The van der Waals surface area contributed by atoms with E-state index in [0.717, 1.165) is 0 Å². The van der Waals surface area contributed by atoms with Crippen LogP contribution in [-0.4, -0.2) is 18.5 Å². The SMILES string of the molecule is N#Cc1cc(S(N)(=O)=O)c(O)c(C(F)F)n1. The number of rotatable bonds is 2. The number of nitriles is 1. The Balaban J connectivity index is 3.65. The van der Waals surface area contributed by atoms with Crippen molar-refractivity contribution in [3.8, 4) is 11.8 Å². The number of halogens is 2. The van der Waals surface area contributed by atoms with Crippen LogP contribution >= 0.6 is 0 Å². The van der Waals surface area contributed by atoms with E-state index in [9.17, 15) is 22.3 Å². The number of sulfonamides is 1. The van der Waals surface area contributed by atoms with Crippen LogP contribution < -0.4 is 5.14 Å². The molecule has 0 spiro atoms. The Hall–Kier alpha value is -1.79. The monoisotopic (exact) mass is 249 g/mol. The summed E-state index contributed by atoms with van der Waals surface area (Å²) in [7, 11) is -4.40. The van der Waals surface area contributed by atoms with E-state index in [4.69, 9.17) is 5.26 Å². The summed E-state index contributed by atoms with van der Waals surface area (Å²) in [4.78, 5) is 2.13. The zero-order chi connectivity index (χ0) is 12.5. The standard InChI is InChI=1S/C7H5F2N3O3S/c8-7(9)5-6(13)4(16(11,14)15)1-3(2-10)12-5/h1,7,13H,(H2,11,14,15). The first-order valence-corrected chi connectivity index (χ1v) is 5.27.